The van der Waals surface area contributed by atoms with Gasteiger partial charge in [0.15, 0.2) is 5.78 Å². The largest absolute Gasteiger partial charge is 0.490 e. The number of ketones is 1. The first-order valence-electron chi connectivity index (χ1n) is 11.7. The number of aromatic nitrogens is 1. The number of benzene rings is 2. The van der Waals surface area contributed by atoms with E-state index in [0.29, 0.717) is 22.7 Å². The zero-order valence-electron chi connectivity index (χ0n) is 19.0. The number of nitrogens with zero attached hydrogens (tertiary/aromatic N) is 2. The lowest BCUT2D eigenvalue weighted by atomic mass is 9.71. The molecule has 0 amide bonds. The van der Waals surface area contributed by atoms with E-state index < -0.39 is 0 Å². The van der Waals surface area contributed by atoms with Crippen molar-refractivity contribution in [2.75, 3.05) is 26.3 Å². The second-order valence-corrected chi connectivity index (χ2v) is 9.95. The fraction of sp³-hybridized carbons (Fsp3) is 0.407. The summed E-state index contributed by atoms with van der Waals surface area (Å²) in [5, 5.41) is 10.1. The van der Waals surface area contributed by atoms with Crippen molar-refractivity contribution in [2.24, 2.45) is 0 Å². The molecule has 3 aromatic rings. The van der Waals surface area contributed by atoms with Crippen molar-refractivity contribution in [2.45, 2.75) is 44.2 Å². The Hall–Kier alpha value is -3.14. The van der Waals surface area contributed by atoms with E-state index in [1.165, 1.54) is 0 Å². The van der Waals surface area contributed by atoms with Gasteiger partial charge in [-0.2, -0.15) is 5.26 Å². The number of rotatable bonds is 3. The highest BCUT2D eigenvalue weighted by Crippen LogP contribution is 2.44. The van der Waals surface area contributed by atoms with Crippen molar-refractivity contribution >= 4 is 16.7 Å². The maximum atomic E-state index is 13.7. The maximum Gasteiger partial charge on any atom is 0.195 e. The molecule has 0 saturated carbocycles. The minimum Gasteiger partial charge on any atom is -0.490 e. The third-order valence-corrected chi connectivity index (χ3v) is 7.60. The molecule has 6 rings (SSSR count). The van der Waals surface area contributed by atoms with Gasteiger partial charge in [-0.3, -0.25) is 9.69 Å². The average Bonchev–Trinajstić information content (AvgIpc) is 3.18. The van der Waals surface area contributed by atoms with Crippen LogP contribution in [0.3, 0.4) is 0 Å². The van der Waals surface area contributed by atoms with Crippen LogP contribution in [-0.2, 0) is 10.2 Å². The molecule has 1 aromatic heterocycles. The smallest absolute Gasteiger partial charge is 0.195 e. The molecule has 0 unspecified atom stereocenters. The first kappa shape index (κ1) is 20.5. The van der Waals surface area contributed by atoms with E-state index in [-0.39, 0.29) is 17.3 Å². The molecule has 2 fully saturated rings. The number of fused-ring (bicyclic) bond motifs is 4. The molecule has 1 N–H and O–H groups in total. The topological polar surface area (TPSA) is 78.3 Å². The van der Waals surface area contributed by atoms with E-state index in [2.05, 4.69) is 29.8 Å². The summed E-state index contributed by atoms with van der Waals surface area (Å²) in [4.78, 5) is 19.6. The number of ether oxygens (including phenoxy) is 2. The molecular formula is C27H27N3O3. The van der Waals surface area contributed by atoms with E-state index in [0.717, 1.165) is 67.1 Å². The van der Waals surface area contributed by atoms with Crippen LogP contribution in [0.15, 0.2) is 36.4 Å². The Morgan fingerprint density at radius 1 is 1.15 bits per heavy atom. The lowest BCUT2D eigenvalue weighted by Gasteiger charge is -2.41. The summed E-state index contributed by atoms with van der Waals surface area (Å²) in [5.41, 5.74) is 4.37. The number of likely N-dealkylation sites (tertiary alicyclic amines) is 1. The number of nitriles is 1. The van der Waals surface area contributed by atoms with Crippen molar-refractivity contribution in [1.82, 2.24) is 9.88 Å². The van der Waals surface area contributed by atoms with Crippen LogP contribution in [-0.4, -0.2) is 54.1 Å². The van der Waals surface area contributed by atoms with Crippen LogP contribution in [0, 0.1) is 11.3 Å². The molecule has 0 spiro atoms. The summed E-state index contributed by atoms with van der Waals surface area (Å²) < 4.78 is 11.7. The van der Waals surface area contributed by atoms with Crippen LogP contribution in [0.25, 0.3) is 10.9 Å². The van der Waals surface area contributed by atoms with Crippen LogP contribution < -0.4 is 4.74 Å². The van der Waals surface area contributed by atoms with Crippen LogP contribution >= 0.6 is 0 Å². The molecule has 2 aromatic carbocycles. The van der Waals surface area contributed by atoms with Gasteiger partial charge in [-0.25, -0.2) is 0 Å². The highest BCUT2D eigenvalue weighted by Gasteiger charge is 2.40. The lowest BCUT2D eigenvalue weighted by molar-refractivity contribution is -0.0778. The van der Waals surface area contributed by atoms with E-state index in [9.17, 15) is 10.1 Å². The average molecular weight is 442 g/mol. The van der Waals surface area contributed by atoms with Crippen LogP contribution in [0.4, 0.5) is 0 Å². The van der Waals surface area contributed by atoms with Crippen molar-refractivity contribution < 1.29 is 14.3 Å². The van der Waals surface area contributed by atoms with Gasteiger partial charge in [0.2, 0.25) is 0 Å². The predicted molar refractivity (Wildman–Crippen MR) is 125 cm³/mol. The molecule has 0 bridgehead atoms. The van der Waals surface area contributed by atoms with E-state index in [1.54, 1.807) is 6.07 Å². The Morgan fingerprint density at radius 3 is 2.64 bits per heavy atom. The van der Waals surface area contributed by atoms with Gasteiger partial charge in [-0.15, -0.1) is 0 Å². The molecule has 3 aliphatic rings. The van der Waals surface area contributed by atoms with Crippen LogP contribution in [0.2, 0.25) is 0 Å². The molecule has 168 valence electrons. The molecule has 2 aliphatic heterocycles. The second kappa shape index (κ2) is 7.44. The number of H-pyrrole nitrogens is 1. The quantitative estimate of drug-likeness (QED) is 0.661. The first-order valence-corrected chi connectivity index (χ1v) is 11.7. The fourth-order valence-electron chi connectivity index (χ4n) is 5.56. The summed E-state index contributed by atoms with van der Waals surface area (Å²) in [7, 11) is 0. The van der Waals surface area contributed by atoms with Crippen molar-refractivity contribution in [3.63, 3.8) is 0 Å². The summed E-state index contributed by atoms with van der Waals surface area (Å²) in [6.07, 6.45) is 2.14. The van der Waals surface area contributed by atoms with Gasteiger partial charge in [0, 0.05) is 40.7 Å². The van der Waals surface area contributed by atoms with E-state index in [4.69, 9.17) is 9.47 Å². The minimum absolute atomic E-state index is 0.0144. The molecule has 0 radical (unpaired) electrons. The number of hydrogen-bond acceptors (Lipinski definition) is 5. The first-order chi connectivity index (χ1) is 16.0. The standard InChI is InChI=1S/C27H27N3O3/c1-27(2)22-6-4-19(33-18-7-9-30(10-8-18)17-14-32-15-17)12-21(22)25(31)24-20-5-3-16(13-28)11-23(20)29-26(24)27/h3-6,11-12,17-18,29H,7-10,14-15H2,1-2H3. The van der Waals surface area contributed by atoms with Crippen molar-refractivity contribution in [1.29, 1.82) is 5.26 Å². The monoisotopic (exact) mass is 441 g/mol. The van der Waals surface area contributed by atoms with Crippen LogP contribution in [0.1, 0.15) is 59.4 Å². The zero-order chi connectivity index (χ0) is 22.7. The maximum absolute atomic E-state index is 13.7. The number of carbonyl (C=O) groups excluding carboxylic acids is 1. The number of carbonyl (C=O) groups is 1. The molecular weight excluding hydrogens is 414 g/mol. The molecule has 0 atom stereocenters. The lowest BCUT2D eigenvalue weighted by Crippen LogP contribution is -2.52. The van der Waals surface area contributed by atoms with E-state index >= 15 is 0 Å². The summed E-state index contributed by atoms with van der Waals surface area (Å²) in [5.74, 6) is 0.777. The molecule has 33 heavy (non-hydrogen) atoms. The predicted octanol–water partition coefficient (Wildman–Crippen LogP) is 4.15. The van der Waals surface area contributed by atoms with Gasteiger partial charge in [0.1, 0.15) is 11.9 Å². The highest BCUT2D eigenvalue weighted by molar-refractivity contribution is 6.20. The van der Waals surface area contributed by atoms with Gasteiger partial charge in [0.05, 0.1) is 36.5 Å². The van der Waals surface area contributed by atoms with Crippen LogP contribution in [0.5, 0.6) is 5.75 Å². The molecule has 2 saturated heterocycles. The Bertz CT molecular complexity index is 1300. The van der Waals surface area contributed by atoms with Gasteiger partial charge in [-0.1, -0.05) is 26.0 Å². The van der Waals surface area contributed by atoms with Crippen molar-refractivity contribution in [3.05, 3.63) is 64.3 Å². The third kappa shape index (κ3) is 3.18. The number of piperidine rings is 1. The van der Waals surface area contributed by atoms with Gasteiger partial charge >= 0.3 is 0 Å². The molecule has 6 heteroatoms. The number of hydrogen-bond donors (Lipinski definition) is 1. The Balaban J connectivity index is 1.30. The third-order valence-electron chi connectivity index (χ3n) is 7.60. The van der Waals surface area contributed by atoms with E-state index in [1.807, 2.05) is 30.3 Å². The second-order valence-electron chi connectivity index (χ2n) is 9.95. The Kier molecular flexibility index (Phi) is 4.62. The Morgan fingerprint density at radius 2 is 1.94 bits per heavy atom. The molecule has 6 nitrogen and oxygen atoms in total. The molecule has 1 aliphatic carbocycles. The van der Waals surface area contributed by atoms with Gasteiger partial charge in [0.25, 0.3) is 0 Å². The highest BCUT2D eigenvalue weighted by atomic mass is 16.5. The SMILES string of the molecule is CC1(C)c2ccc(OC3CCN(C4COC4)CC3)cc2C(=O)c2c1[nH]c1cc(C#N)ccc21. The zero-order valence-corrected chi connectivity index (χ0v) is 19.0. The minimum atomic E-state index is -0.362. The summed E-state index contributed by atoms with van der Waals surface area (Å²) in [6, 6.07) is 14.2. The summed E-state index contributed by atoms with van der Waals surface area (Å²) in [6.45, 7) is 8.03. The summed E-state index contributed by atoms with van der Waals surface area (Å²) >= 11 is 0. The normalized spacial score (nSPS) is 20.7. The fourth-order valence-corrected chi connectivity index (χ4v) is 5.56. The van der Waals surface area contributed by atoms with Gasteiger partial charge in [-0.05, 0) is 42.7 Å². The van der Waals surface area contributed by atoms with Crippen molar-refractivity contribution in [3.8, 4) is 11.8 Å². The number of aromatic amines is 1. The number of nitrogens with one attached hydrogen (secondary N) is 1. The van der Waals surface area contributed by atoms with Gasteiger partial charge < -0.3 is 14.5 Å². The molecule has 3 heterocycles. The Labute approximate surface area is 193 Å².